The molecule has 1 amide bonds. The summed E-state index contributed by atoms with van der Waals surface area (Å²) in [6.07, 6.45) is 1.60. The van der Waals surface area contributed by atoms with Gasteiger partial charge < -0.3 is 10.6 Å². The molecule has 1 aliphatic rings. The van der Waals surface area contributed by atoms with E-state index in [-0.39, 0.29) is 17.4 Å². The Kier molecular flexibility index (Phi) is 2.96. The zero-order chi connectivity index (χ0) is 10.1. The standard InChI is InChI=1S/C10H20N2O/c1-4-9(13)12-6-5-10(2,3)8(11)7-12/h8H,4-7,11H2,1-3H3. The Labute approximate surface area is 80.3 Å². The smallest absolute Gasteiger partial charge is 0.222 e. The minimum absolute atomic E-state index is 0.122. The van der Waals surface area contributed by atoms with Gasteiger partial charge in [-0.1, -0.05) is 20.8 Å². The lowest BCUT2D eigenvalue weighted by Gasteiger charge is -2.42. The molecule has 0 aromatic carbocycles. The molecule has 1 unspecified atom stereocenters. The van der Waals surface area contributed by atoms with Crippen molar-refractivity contribution >= 4 is 5.91 Å². The van der Waals surface area contributed by atoms with Crippen molar-refractivity contribution in [2.45, 2.75) is 39.7 Å². The third-order valence-corrected chi connectivity index (χ3v) is 3.10. The number of rotatable bonds is 1. The highest BCUT2D eigenvalue weighted by molar-refractivity contribution is 5.76. The summed E-state index contributed by atoms with van der Waals surface area (Å²) >= 11 is 0. The lowest BCUT2D eigenvalue weighted by Crippen LogP contribution is -2.54. The van der Waals surface area contributed by atoms with Gasteiger partial charge in [0.05, 0.1) is 0 Å². The summed E-state index contributed by atoms with van der Waals surface area (Å²) < 4.78 is 0. The largest absolute Gasteiger partial charge is 0.341 e. The van der Waals surface area contributed by atoms with Crippen LogP contribution >= 0.6 is 0 Å². The van der Waals surface area contributed by atoms with Crippen molar-refractivity contribution in [3.8, 4) is 0 Å². The first kappa shape index (κ1) is 10.5. The molecule has 0 radical (unpaired) electrons. The number of carbonyl (C=O) groups excluding carboxylic acids is 1. The quantitative estimate of drug-likeness (QED) is 0.660. The van der Waals surface area contributed by atoms with E-state index in [1.54, 1.807) is 0 Å². The highest BCUT2D eigenvalue weighted by Crippen LogP contribution is 2.29. The summed E-state index contributed by atoms with van der Waals surface area (Å²) in [6.45, 7) is 7.83. The molecule has 3 heteroatoms. The number of hydrogen-bond acceptors (Lipinski definition) is 2. The SMILES string of the molecule is CCC(=O)N1CCC(C)(C)C(N)C1. The highest BCUT2D eigenvalue weighted by atomic mass is 16.2. The van der Waals surface area contributed by atoms with Gasteiger partial charge in [-0.25, -0.2) is 0 Å². The fourth-order valence-corrected chi connectivity index (χ4v) is 1.63. The summed E-state index contributed by atoms with van der Waals surface area (Å²) in [4.78, 5) is 13.3. The summed E-state index contributed by atoms with van der Waals surface area (Å²) in [7, 11) is 0. The molecule has 0 saturated carbocycles. The molecule has 0 spiro atoms. The van der Waals surface area contributed by atoms with Crippen molar-refractivity contribution in [3.63, 3.8) is 0 Å². The number of nitrogens with zero attached hydrogens (tertiary/aromatic N) is 1. The Hall–Kier alpha value is -0.570. The van der Waals surface area contributed by atoms with Crippen LogP contribution in [0.5, 0.6) is 0 Å². The molecular formula is C10H20N2O. The molecule has 1 aliphatic heterocycles. The zero-order valence-electron chi connectivity index (χ0n) is 8.84. The van der Waals surface area contributed by atoms with E-state index in [2.05, 4.69) is 13.8 Å². The zero-order valence-corrected chi connectivity index (χ0v) is 8.84. The Bertz CT molecular complexity index is 201. The van der Waals surface area contributed by atoms with Crippen LogP contribution in [0, 0.1) is 5.41 Å². The number of piperidine rings is 1. The average Bonchev–Trinajstić information content (AvgIpc) is 2.08. The summed E-state index contributed by atoms with van der Waals surface area (Å²) in [6, 6.07) is 0.122. The molecule has 1 heterocycles. The van der Waals surface area contributed by atoms with Gasteiger partial charge in [-0.05, 0) is 11.8 Å². The van der Waals surface area contributed by atoms with Crippen molar-refractivity contribution in [3.05, 3.63) is 0 Å². The van der Waals surface area contributed by atoms with Crippen LogP contribution in [0.1, 0.15) is 33.6 Å². The fourth-order valence-electron chi connectivity index (χ4n) is 1.63. The van der Waals surface area contributed by atoms with E-state index in [4.69, 9.17) is 5.73 Å². The summed E-state index contributed by atoms with van der Waals surface area (Å²) in [5, 5.41) is 0. The molecule has 76 valence electrons. The third kappa shape index (κ3) is 2.21. The number of carbonyl (C=O) groups is 1. The predicted molar refractivity (Wildman–Crippen MR) is 53.2 cm³/mol. The normalized spacial score (nSPS) is 27.4. The van der Waals surface area contributed by atoms with Crippen LogP contribution in [0.2, 0.25) is 0 Å². The van der Waals surface area contributed by atoms with E-state index < -0.39 is 0 Å². The number of amides is 1. The van der Waals surface area contributed by atoms with Crippen LogP contribution in [-0.4, -0.2) is 29.9 Å². The first-order chi connectivity index (χ1) is 5.97. The van der Waals surface area contributed by atoms with Gasteiger partial charge in [0.2, 0.25) is 5.91 Å². The van der Waals surface area contributed by atoms with Gasteiger partial charge in [-0.3, -0.25) is 4.79 Å². The van der Waals surface area contributed by atoms with Crippen molar-refractivity contribution in [2.24, 2.45) is 11.1 Å². The van der Waals surface area contributed by atoms with Crippen molar-refractivity contribution in [1.82, 2.24) is 4.90 Å². The minimum Gasteiger partial charge on any atom is -0.341 e. The summed E-state index contributed by atoms with van der Waals surface area (Å²) in [5.74, 6) is 0.228. The van der Waals surface area contributed by atoms with Crippen LogP contribution in [0.25, 0.3) is 0 Å². The first-order valence-electron chi connectivity index (χ1n) is 5.00. The van der Waals surface area contributed by atoms with Gasteiger partial charge in [0.1, 0.15) is 0 Å². The van der Waals surface area contributed by atoms with Crippen LogP contribution in [-0.2, 0) is 4.79 Å². The van der Waals surface area contributed by atoms with E-state index in [0.29, 0.717) is 6.42 Å². The van der Waals surface area contributed by atoms with Crippen molar-refractivity contribution < 1.29 is 4.79 Å². The number of hydrogen-bond donors (Lipinski definition) is 1. The highest BCUT2D eigenvalue weighted by Gasteiger charge is 2.34. The van der Waals surface area contributed by atoms with Crippen molar-refractivity contribution in [2.75, 3.05) is 13.1 Å². The molecule has 1 atom stereocenters. The summed E-state index contributed by atoms with van der Waals surface area (Å²) in [5.41, 5.74) is 6.19. The van der Waals surface area contributed by atoms with E-state index in [1.165, 1.54) is 0 Å². The topological polar surface area (TPSA) is 46.3 Å². The minimum atomic E-state index is 0.122. The monoisotopic (exact) mass is 184 g/mol. The first-order valence-corrected chi connectivity index (χ1v) is 5.00. The maximum atomic E-state index is 11.4. The lowest BCUT2D eigenvalue weighted by atomic mass is 9.78. The molecule has 2 N–H and O–H groups in total. The molecule has 1 fully saturated rings. The van der Waals surface area contributed by atoms with E-state index in [9.17, 15) is 4.79 Å². The molecule has 13 heavy (non-hydrogen) atoms. The lowest BCUT2D eigenvalue weighted by molar-refractivity contribution is -0.133. The molecule has 0 aliphatic carbocycles. The third-order valence-electron chi connectivity index (χ3n) is 3.10. The van der Waals surface area contributed by atoms with Gasteiger partial charge in [-0.15, -0.1) is 0 Å². The van der Waals surface area contributed by atoms with Gasteiger partial charge in [0.25, 0.3) is 0 Å². The van der Waals surface area contributed by atoms with E-state index >= 15 is 0 Å². The second kappa shape index (κ2) is 3.66. The van der Waals surface area contributed by atoms with Gasteiger partial charge >= 0.3 is 0 Å². The fraction of sp³-hybridized carbons (Fsp3) is 0.900. The van der Waals surface area contributed by atoms with Gasteiger partial charge in [0, 0.05) is 25.6 Å². The second-order valence-electron chi connectivity index (χ2n) is 4.54. The van der Waals surface area contributed by atoms with Crippen LogP contribution in [0.15, 0.2) is 0 Å². The van der Waals surface area contributed by atoms with Crippen LogP contribution < -0.4 is 5.73 Å². The number of likely N-dealkylation sites (tertiary alicyclic amines) is 1. The maximum Gasteiger partial charge on any atom is 0.222 e. The van der Waals surface area contributed by atoms with Crippen molar-refractivity contribution in [1.29, 1.82) is 0 Å². The van der Waals surface area contributed by atoms with Crippen LogP contribution in [0.3, 0.4) is 0 Å². The second-order valence-corrected chi connectivity index (χ2v) is 4.54. The van der Waals surface area contributed by atoms with E-state index in [0.717, 1.165) is 19.5 Å². The molecule has 1 saturated heterocycles. The molecule has 0 aromatic heterocycles. The van der Waals surface area contributed by atoms with Gasteiger partial charge in [-0.2, -0.15) is 0 Å². The Morgan fingerprint density at radius 3 is 2.69 bits per heavy atom. The molecule has 0 aromatic rings. The Balaban J connectivity index is 2.56. The molecular weight excluding hydrogens is 164 g/mol. The Morgan fingerprint density at radius 1 is 1.62 bits per heavy atom. The average molecular weight is 184 g/mol. The molecule has 1 rings (SSSR count). The van der Waals surface area contributed by atoms with E-state index in [1.807, 2.05) is 11.8 Å². The predicted octanol–water partition coefficient (Wildman–Crippen LogP) is 0.982. The van der Waals surface area contributed by atoms with Crippen LogP contribution in [0.4, 0.5) is 0 Å². The number of nitrogens with two attached hydrogens (primary N) is 1. The maximum absolute atomic E-state index is 11.4. The van der Waals surface area contributed by atoms with Gasteiger partial charge in [0.15, 0.2) is 0 Å². The molecule has 3 nitrogen and oxygen atoms in total. The molecule has 0 bridgehead atoms. The Morgan fingerprint density at radius 2 is 2.23 bits per heavy atom.